The monoisotopic (exact) mass is 335 g/mol. The fourth-order valence-corrected chi connectivity index (χ4v) is 3.89. The number of hydrogen-bond acceptors (Lipinski definition) is 4. The second-order valence-electron chi connectivity index (χ2n) is 5.52. The molecule has 0 aliphatic carbocycles. The van der Waals surface area contributed by atoms with E-state index in [0.717, 1.165) is 25.9 Å². The lowest BCUT2D eigenvalue weighted by Gasteiger charge is -2.20. The molecule has 0 unspecified atom stereocenters. The van der Waals surface area contributed by atoms with Crippen molar-refractivity contribution in [3.63, 3.8) is 0 Å². The third kappa shape index (κ3) is 3.79. The van der Waals surface area contributed by atoms with Gasteiger partial charge in [0.15, 0.2) is 5.82 Å². The lowest BCUT2D eigenvalue weighted by atomic mass is 10.2. The van der Waals surface area contributed by atoms with Crippen LogP contribution in [0.4, 0.5) is 15.9 Å². The van der Waals surface area contributed by atoms with E-state index in [1.165, 1.54) is 18.2 Å². The van der Waals surface area contributed by atoms with Crippen molar-refractivity contribution in [3.8, 4) is 0 Å². The van der Waals surface area contributed by atoms with Gasteiger partial charge in [0.1, 0.15) is 5.82 Å². The first-order valence-corrected chi connectivity index (χ1v) is 9.14. The standard InChI is InChI=1S/C16H18FN3O2S/c17-14-7-2-1-6-13(14)12-23(21,22)19-15-8-5-9-18-16(15)20-10-3-4-11-20/h1-2,5-9,19H,3-4,10-12H2. The highest BCUT2D eigenvalue weighted by Gasteiger charge is 2.21. The topological polar surface area (TPSA) is 62.3 Å². The number of benzene rings is 1. The molecule has 0 bridgehead atoms. The van der Waals surface area contributed by atoms with Gasteiger partial charge in [0, 0.05) is 24.8 Å². The molecule has 2 heterocycles. The number of anilines is 2. The number of nitrogens with zero attached hydrogens (tertiary/aromatic N) is 2. The summed E-state index contributed by atoms with van der Waals surface area (Å²) in [5.41, 5.74) is 0.581. The van der Waals surface area contributed by atoms with E-state index in [0.29, 0.717) is 11.5 Å². The minimum atomic E-state index is -3.72. The number of pyridine rings is 1. The van der Waals surface area contributed by atoms with Gasteiger partial charge in [-0.05, 0) is 31.0 Å². The zero-order chi connectivity index (χ0) is 16.3. The van der Waals surface area contributed by atoms with Crippen molar-refractivity contribution in [2.24, 2.45) is 0 Å². The summed E-state index contributed by atoms with van der Waals surface area (Å²) in [4.78, 5) is 6.35. The summed E-state index contributed by atoms with van der Waals surface area (Å²) in [6.45, 7) is 1.72. The van der Waals surface area contributed by atoms with Crippen LogP contribution in [0.3, 0.4) is 0 Å². The Balaban J connectivity index is 1.82. The van der Waals surface area contributed by atoms with Crippen LogP contribution in [0.1, 0.15) is 18.4 Å². The van der Waals surface area contributed by atoms with Crippen molar-refractivity contribution in [2.75, 3.05) is 22.7 Å². The summed E-state index contributed by atoms with van der Waals surface area (Å²) in [7, 11) is -3.72. The Morgan fingerprint density at radius 2 is 1.87 bits per heavy atom. The minimum absolute atomic E-state index is 0.145. The van der Waals surface area contributed by atoms with Gasteiger partial charge in [-0.1, -0.05) is 18.2 Å². The SMILES string of the molecule is O=S(=O)(Cc1ccccc1F)Nc1cccnc1N1CCCC1. The largest absolute Gasteiger partial charge is 0.355 e. The van der Waals surface area contributed by atoms with Gasteiger partial charge in [0.2, 0.25) is 10.0 Å². The summed E-state index contributed by atoms with van der Waals surface area (Å²) in [6.07, 6.45) is 3.78. The van der Waals surface area contributed by atoms with Crippen molar-refractivity contribution in [2.45, 2.75) is 18.6 Å². The van der Waals surface area contributed by atoms with E-state index < -0.39 is 21.6 Å². The first kappa shape index (κ1) is 15.7. The Labute approximate surface area is 135 Å². The smallest absolute Gasteiger partial charge is 0.237 e. The predicted octanol–water partition coefficient (Wildman–Crippen LogP) is 2.76. The average molecular weight is 335 g/mol. The lowest BCUT2D eigenvalue weighted by Crippen LogP contribution is -2.23. The normalized spacial score (nSPS) is 14.9. The molecular formula is C16H18FN3O2S. The number of nitrogens with one attached hydrogen (secondary N) is 1. The fourth-order valence-electron chi connectivity index (χ4n) is 2.68. The van der Waals surface area contributed by atoms with Crippen LogP contribution in [0, 0.1) is 5.82 Å². The van der Waals surface area contributed by atoms with Crippen molar-refractivity contribution in [1.29, 1.82) is 0 Å². The van der Waals surface area contributed by atoms with E-state index in [4.69, 9.17) is 0 Å². The molecule has 1 saturated heterocycles. The number of aromatic nitrogens is 1. The van der Waals surface area contributed by atoms with Crippen LogP contribution in [0.5, 0.6) is 0 Å². The van der Waals surface area contributed by atoms with Gasteiger partial charge < -0.3 is 4.90 Å². The van der Waals surface area contributed by atoms with Crippen LogP contribution >= 0.6 is 0 Å². The Hall–Kier alpha value is -2.15. The molecule has 1 aromatic heterocycles. The van der Waals surface area contributed by atoms with E-state index in [-0.39, 0.29) is 5.56 Å². The van der Waals surface area contributed by atoms with Gasteiger partial charge in [-0.2, -0.15) is 0 Å². The van der Waals surface area contributed by atoms with Crippen molar-refractivity contribution in [3.05, 3.63) is 54.0 Å². The van der Waals surface area contributed by atoms with Gasteiger partial charge in [0.05, 0.1) is 11.4 Å². The van der Waals surface area contributed by atoms with Crippen LogP contribution in [0.2, 0.25) is 0 Å². The molecule has 3 rings (SSSR count). The van der Waals surface area contributed by atoms with E-state index in [9.17, 15) is 12.8 Å². The van der Waals surface area contributed by atoms with Crippen molar-refractivity contribution in [1.82, 2.24) is 4.98 Å². The molecule has 0 amide bonds. The molecule has 0 radical (unpaired) electrons. The molecule has 5 nitrogen and oxygen atoms in total. The van der Waals surface area contributed by atoms with Crippen LogP contribution < -0.4 is 9.62 Å². The summed E-state index contributed by atoms with van der Waals surface area (Å²) in [6, 6.07) is 9.24. The van der Waals surface area contributed by atoms with Gasteiger partial charge in [-0.15, -0.1) is 0 Å². The number of hydrogen-bond donors (Lipinski definition) is 1. The molecule has 7 heteroatoms. The second-order valence-corrected chi connectivity index (χ2v) is 7.24. The molecule has 1 aliphatic heterocycles. The van der Waals surface area contributed by atoms with E-state index >= 15 is 0 Å². The van der Waals surface area contributed by atoms with E-state index in [1.807, 2.05) is 0 Å². The molecule has 1 fully saturated rings. The van der Waals surface area contributed by atoms with Crippen LogP contribution in [0.25, 0.3) is 0 Å². The number of sulfonamides is 1. The van der Waals surface area contributed by atoms with Gasteiger partial charge >= 0.3 is 0 Å². The molecule has 2 aromatic rings. The fraction of sp³-hybridized carbons (Fsp3) is 0.312. The van der Waals surface area contributed by atoms with Gasteiger partial charge in [-0.25, -0.2) is 17.8 Å². The minimum Gasteiger partial charge on any atom is -0.355 e. The predicted molar refractivity (Wildman–Crippen MR) is 88.3 cm³/mol. The second kappa shape index (κ2) is 6.54. The highest BCUT2D eigenvalue weighted by Crippen LogP contribution is 2.27. The molecule has 122 valence electrons. The Bertz CT molecular complexity index is 789. The van der Waals surface area contributed by atoms with Crippen LogP contribution in [-0.2, 0) is 15.8 Å². The summed E-state index contributed by atoms with van der Waals surface area (Å²) in [5, 5.41) is 0. The highest BCUT2D eigenvalue weighted by molar-refractivity contribution is 7.91. The zero-order valence-corrected chi connectivity index (χ0v) is 13.4. The quantitative estimate of drug-likeness (QED) is 0.913. The van der Waals surface area contributed by atoms with E-state index in [2.05, 4.69) is 14.6 Å². The number of rotatable bonds is 5. The molecule has 0 spiro atoms. The third-order valence-corrected chi connectivity index (χ3v) is 4.98. The Morgan fingerprint density at radius 3 is 2.61 bits per heavy atom. The highest BCUT2D eigenvalue weighted by atomic mass is 32.2. The average Bonchev–Trinajstić information content (AvgIpc) is 3.04. The maximum Gasteiger partial charge on any atom is 0.237 e. The molecule has 1 N–H and O–H groups in total. The summed E-state index contributed by atoms with van der Waals surface area (Å²) < 4.78 is 40.9. The molecule has 0 saturated carbocycles. The van der Waals surface area contributed by atoms with Crippen LogP contribution in [-0.4, -0.2) is 26.5 Å². The van der Waals surface area contributed by atoms with Crippen molar-refractivity contribution < 1.29 is 12.8 Å². The molecule has 1 aromatic carbocycles. The maximum absolute atomic E-state index is 13.7. The zero-order valence-electron chi connectivity index (χ0n) is 12.6. The van der Waals surface area contributed by atoms with Crippen LogP contribution in [0.15, 0.2) is 42.6 Å². The first-order chi connectivity index (χ1) is 11.1. The van der Waals surface area contributed by atoms with Crippen molar-refractivity contribution >= 4 is 21.5 Å². The van der Waals surface area contributed by atoms with Gasteiger partial charge in [0.25, 0.3) is 0 Å². The number of halogens is 1. The summed E-state index contributed by atoms with van der Waals surface area (Å²) in [5.74, 6) is -0.306. The molecular weight excluding hydrogens is 317 g/mol. The molecule has 23 heavy (non-hydrogen) atoms. The Morgan fingerprint density at radius 1 is 1.13 bits per heavy atom. The van der Waals surface area contributed by atoms with E-state index in [1.54, 1.807) is 24.4 Å². The third-order valence-electron chi connectivity index (χ3n) is 3.76. The summed E-state index contributed by atoms with van der Waals surface area (Å²) >= 11 is 0. The first-order valence-electron chi connectivity index (χ1n) is 7.49. The Kier molecular flexibility index (Phi) is 4.47. The van der Waals surface area contributed by atoms with Gasteiger partial charge in [-0.3, -0.25) is 4.72 Å². The molecule has 1 aliphatic rings. The molecule has 0 atom stereocenters. The lowest BCUT2D eigenvalue weighted by molar-refractivity contribution is 0.591. The maximum atomic E-state index is 13.7.